The van der Waals surface area contributed by atoms with Gasteiger partial charge < -0.3 is 15.0 Å². The second-order valence-corrected chi connectivity index (χ2v) is 3.21. The van der Waals surface area contributed by atoms with E-state index in [-0.39, 0.29) is 5.91 Å². The molecule has 1 amide bonds. The Balaban J connectivity index is 2.73. The minimum atomic E-state index is -1.04. The SMILES string of the molecule is CCn1cccc1C(=O)NC(C)C(=O)O. The van der Waals surface area contributed by atoms with Crippen molar-refractivity contribution in [1.29, 1.82) is 0 Å². The van der Waals surface area contributed by atoms with Crippen LogP contribution in [0.25, 0.3) is 0 Å². The predicted octanol–water partition coefficient (Wildman–Crippen LogP) is 0.711. The molecule has 82 valence electrons. The lowest BCUT2D eigenvalue weighted by molar-refractivity contribution is -0.138. The Morgan fingerprint density at radius 1 is 1.60 bits per heavy atom. The number of aryl methyl sites for hydroxylation is 1. The van der Waals surface area contributed by atoms with E-state index < -0.39 is 12.0 Å². The summed E-state index contributed by atoms with van der Waals surface area (Å²) in [5, 5.41) is 11.0. The molecule has 1 heterocycles. The molecule has 0 saturated heterocycles. The molecular weight excluding hydrogens is 196 g/mol. The quantitative estimate of drug-likeness (QED) is 0.768. The van der Waals surface area contributed by atoms with Gasteiger partial charge in [-0.25, -0.2) is 0 Å². The summed E-state index contributed by atoms with van der Waals surface area (Å²) in [7, 11) is 0. The first kappa shape index (κ1) is 11.3. The standard InChI is InChI=1S/C10H14N2O3/c1-3-12-6-4-5-8(12)9(13)11-7(2)10(14)15/h4-7H,3H2,1-2H3,(H,11,13)(H,14,15). The number of nitrogens with one attached hydrogen (secondary N) is 1. The second kappa shape index (κ2) is 4.63. The van der Waals surface area contributed by atoms with Crippen molar-refractivity contribution in [3.8, 4) is 0 Å². The van der Waals surface area contributed by atoms with E-state index in [1.54, 1.807) is 22.9 Å². The maximum Gasteiger partial charge on any atom is 0.325 e. The molecular formula is C10H14N2O3. The van der Waals surface area contributed by atoms with Crippen molar-refractivity contribution in [1.82, 2.24) is 9.88 Å². The Morgan fingerprint density at radius 2 is 2.27 bits per heavy atom. The molecule has 1 atom stereocenters. The Hall–Kier alpha value is -1.78. The summed E-state index contributed by atoms with van der Waals surface area (Å²) in [5.41, 5.74) is 0.477. The highest BCUT2D eigenvalue weighted by atomic mass is 16.4. The van der Waals surface area contributed by atoms with Gasteiger partial charge in [-0.2, -0.15) is 0 Å². The molecule has 5 heteroatoms. The molecule has 0 aliphatic rings. The average Bonchev–Trinajstić information content (AvgIpc) is 2.64. The lowest BCUT2D eigenvalue weighted by atomic mass is 10.3. The van der Waals surface area contributed by atoms with Gasteiger partial charge in [-0.3, -0.25) is 9.59 Å². The number of hydrogen-bond acceptors (Lipinski definition) is 2. The zero-order chi connectivity index (χ0) is 11.4. The fourth-order valence-corrected chi connectivity index (χ4v) is 1.23. The van der Waals surface area contributed by atoms with Gasteiger partial charge in [-0.15, -0.1) is 0 Å². The highest BCUT2D eigenvalue weighted by molar-refractivity contribution is 5.95. The zero-order valence-corrected chi connectivity index (χ0v) is 8.73. The van der Waals surface area contributed by atoms with Crippen LogP contribution in [0.5, 0.6) is 0 Å². The molecule has 0 aliphatic heterocycles. The third-order valence-corrected chi connectivity index (χ3v) is 2.12. The number of nitrogens with zero attached hydrogens (tertiary/aromatic N) is 1. The van der Waals surface area contributed by atoms with E-state index in [4.69, 9.17) is 5.11 Å². The lowest BCUT2D eigenvalue weighted by Gasteiger charge is -2.10. The van der Waals surface area contributed by atoms with Gasteiger partial charge in [0.1, 0.15) is 11.7 Å². The molecule has 0 spiro atoms. The number of rotatable bonds is 4. The van der Waals surface area contributed by atoms with Gasteiger partial charge in [-0.1, -0.05) is 0 Å². The number of hydrogen-bond donors (Lipinski definition) is 2. The molecule has 1 aromatic heterocycles. The van der Waals surface area contributed by atoms with E-state index >= 15 is 0 Å². The molecule has 15 heavy (non-hydrogen) atoms. The third-order valence-electron chi connectivity index (χ3n) is 2.12. The van der Waals surface area contributed by atoms with Crippen LogP contribution >= 0.6 is 0 Å². The Labute approximate surface area is 87.7 Å². The van der Waals surface area contributed by atoms with Gasteiger partial charge in [0, 0.05) is 12.7 Å². The normalized spacial score (nSPS) is 12.1. The molecule has 1 rings (SSSR count). The third kappa shape index (κ3) is 2.59. The molecule has 0 aliphatic carbocycles. The molecule has 2 N–H and O–H groups in total. The number of amides is 1. The number of carboxylic acids is 1. The van der Waals surface area contributed by atoms with Crippen LogP contribution in [0, 0.1) is 0 Å². The van der Waals surface area contributed by atoms with Crippen molar-refractivity contribution in [3.05, 3.63) is 24.0 Å². The van der Waals surface area contributed by atoms with Crippen LogP contribution in [0.2, 0.25) is 0 Å². The molecule has 1 unspecified atom stereocenters. The van der Waals surface area contributed by atoms with Crippen LogP contribution in [-0.4, -0.2) is 27.6 Å². The highest BCUT2D eigenvalue weighted by Crippen LogP contribution is 2.02. The lowest BCUT2D eigenvalue weighted by Crippen LogP contribution is -2.39. The first-order valence-electron chi connectivity index (χ1n) is 4.75. The van der Waals surface area contributed by atoms with Crippen LogP contribution < -0.4 is 5.32 Å². The van der Waals surface area contributed by atoms with E-state index in [9.17, 15) is 9.59 Å². The first-order valence-corrected chi connectivity index (χ1v) is 4.75. The Kier molecular flexibility index (Phi) is 3.49. The zero-order valence-electron chi connectivity index (χ0n) is 8.73. The Morgan fingerprint density at radius 3 is 2.80 bits per heavy atom. The number of carboxylic acid groups (broad SMARTS) is 1. The number of aliphatic carboxylic acids is 1. The summed E-state index contributed by atoms with van der Waals surface area (Å²) in [6.07, 6.45) is 1.78. The van der Waals surface area contributed by atoms with Crippen molar-refractivity contribution in [2.24, 2.45) is 0 Å². The van der Waals surface area contributed by atoms with Crippen LogP contribution in [0.3, 0.4) is 0 Å². The topological polar surface area (TPSA) is 71.3 Å². The van der Waals surface area contributed by atoms with Gasteiger partial charge in [0.15, 0.2) is 0 Å². The molecule has 0 fully saturated rings. The van der Waals surface area contributed by atoms with Gasteiger partial charge in [-0.05, 0) is 26.0 Å². The summed E-state index contributed by atoms with van der Waals surface area (Å²) in [4.78, 5) is 22.1. The molecule has 1 aromatic rings. The fourth-order valence-electron chi connectivity index (χ4n) is 1.23. The van der Waals surface area contributed by atoms with Crippen LogP contribution in [0.4, 0.5) is 0 Å². The maximum atomic E-state index is 11.6. The molecule has 5 nitrogen and oxygen atoms in total. The van der Waals surface area contributed by atoms with E-state index in [0.717, 1.165) is 0 Å². The van der Waals surface area contributed by atoms with E-state index in [2.05, 4.69) is 5.32 Å². The molecule has 0 bridgehead atoms. The highest BCUT2D eigenvalue weighted by Gasteiger charge is 2.16. The van der Waals surface area contributed by atoms with Crippen LogP contribution in [0.1, 0.15) is 24.3 Å². The van der Waals surface area contributed by atoms with Gasteiger partial charge in [0.05, 0.1) is 0 Å². The number of carbonyl (C=O) groups is 2. The van der Waals surface area contributed by atoms with E-state index in [1.165, 1.54) is 6.92 Å². The second-order valence-electron chi connectivity index (χ2n) is 3.21. The number of aromatic nitrogens is 1. The van der Waals surface area contributed by atoms with Crippen molar-refractivity contribution < 1.29 is 14.7 Å². The smallest absolute Gasteiger partial charge is 0.325 e. The monoisotopic (exact) mass is 210 g/mol. The summed E-state index contributed by atoms with van der Waals surface area (Å²) in [6, 6.07) is 2.54. The molecule has 0 radical (unpaired) electrons. The molecule has 0 saturated carbocycles. The van der Waals surface area contributed by atoms with E-state index in [1.807, 2.05) is 6.92 Å². The van der Waals surface area contributed by atoms with Crippen molar-refractivity contribution >= 4 is 11.9 Å². The van der Waals surface area contributed by atoms with E-state index in [0.29, 0.717) is 12.2 Å². The average molecular weight is 210 g/mol. The minimum Gasteiger partial charge on any atom is -0.480 e. The van der Waals surface area contributed by atoms with Crippen molar-refractivity contribution in [2.75, 3.05) is 0 Å². The summed E-state index contributed by atoms with van der Waals surface area (Å²) in [6.45, 7) is 4.02. The molecule has 0 aromatic carbocycles. The largest absolute Gasteiger partial charge is 0.480 e. The predicted molar refractivity (Wildman–Crippen MR) is 54.7 cm³/mol. The fraction of sp³-hybridized carbons (Fsp3) is 0.400. The maximum absolute atomic E-state index is 11.6. The first-order chi connectivity index (χ1) is 7.06. The summed E-state index contributed by atoms with van der Waals surface area (Å²) < 4.78 is 1.75. The summed E-state index contributed by atoms with van der Waals surface area (Å²) >= 11 is 0. The van der Waals surface area contributed by atoms with Crippen molar-refractivity contribution in [3.63, 3.8) is 0 Å². The van der Waals surface area contributed by atoms with Gasteiger partial charge in [0.2, 0.25) is 0 Å². The Bertz CT molecular complexity index is 370. The summed E-state index contributed by atoms with van der Waals surface area (Å²) in [5.74, 6) is -1.41. The van der Waals surface area contributed by atoms with Crippen LogP contribution in [0.15, 0.2) is 18.3 Å². The van der Waals surface area contributed by atoms with Gasteiger partial charge >= 0.3 is 5.97 Å². The number of carbonyl (C=O) groups excluding carboxylic acids is 1. The minimum absolute atomic E-state index is 0.364. The van der Waals surface area contributed by atoms with Crippen molar-refractivity contribution in [2.45, 2.75) is 26.4 Å². The van der Waals surface area contributed by atoms with Gasteiger partial charge in [0.25, 0.3) is 5.91 Å². The van der Waals surface area contributed by atoms with Crippen LogP contribution in [-0.2, 0) is 11.3 Å².